The largest absolute Gasteiger partial charge is 0.414 e. The first-order valence-corrected chi connectivity index (χ1v) is 6.79. The standard InChI is InChI=1S/C12H18N2OS/c16-12-14-13-11(15-12)10-6-5-8-3-1-2-4-9(8)7-10/h8-10H,1-7H2,(H,14,16). The van der Waals surface area contributed by atoms with Gasteiger partial charge in [0.25, 0.3) is 4.84 Å². The molecule has 0 aliphatic heterocycles. The molecule has 2 saturated carbocycles. The molecule has 16 heavy (non-hydrogen) atoms. The lowest BCUT2D eigenvalue weighted by atomic mass is 9.67. The average molecular weight is 238 g/mol. The van der Waals surface area contributed by atoms with Crippen LogP contribution in [0.2, 0.25) is 0 Å². The molecule has 1 aromatic rings. The Hall–Kier alpha value is -0.640. The molecule has 3 atom stereocenters. The van der Waals surface area contributed by atoms with Crippen molar-refractivity contribution in [3.63, 3.8) is 0 Å². The van der Waals surface area contributed by atoms with Crippen LogP contribution >= 0.6 is 12.2 Å². The highest BCUT2D eigenvalue weighted by Gasteiger charge is 2.34. The number of fused-ring (bicyclic) bond motifs is 1. The number of H-pyrrole nitrogens is 1. The van der Waals surface area contributed by atoms with E-state index < -0.39 is 0 Å². The van der Waals surface area contributed by atoms with Crippen molar-refractivity contribution >= 4 is 12.2 Å². The van der Waals surface area contributed by atoms with Gasteiger partial charge in [-0.1, -0.05) is 25.7 Å². The summed E-state index contributed by atoms with van der Waals surface area (Å²) < 4.78 is 5.45. The molecular weight excluding hydrogens is 220 g/mol. The quantitative estimate of drug-likeness (QED) is 0.756. The molecule has 2 aliphatic rings. The van der Waals surface area contributed by atoms with E-state index in [0.29, 0.717) is 10.8 Å². The molecule has 1 aromatic heterocycles. The molecule has 2 aliphatic carbocycles. The highest BCUT2D eigenvalue weighted by atomic mass is 32.1. The van der Waals surface area contributed by atoms with Crippen molar-refractivity contribution in [3.8, 4) is 0 Å². The summed E-state index contributed by atoms with van der Waals surface area (Å²) in [7, 11) is 0. The normalized spacial score (nSPS) is 34.6. The van der Waals surface area contributed by atoms with E-state index in [-0.39, 0.29) is 0 Å². The van der Waals surface area contributed by atoms with Gasteiger partial charge in [0.2, 0.25) is 5.89 Å². The van der Waals surface area contributed by atoms with Crippen LogP contribution in [0.4, 0.5) is 0 Å². The van der Waals surface area contributed by atoms with E-state index in [9.17, 15) is 0 Å². The maximum atomic E-state index is 5.45. The molecule has 3 nitrogen and oxygen atoms in total. The lowest BCUT2D eigenvalue weighted by Crippen LogP contribution is -2.26. The zero-order valence-corrected chi connectivity index (χ0v) is 10.3. The zero-order chi connectivity index (χ0) is 11.0. The van der Waals surface area contributed by atoms with Gasteiger partial charge < -0.3 is 4.42 Å². The van der Waals surface area contributed by atoms with E-state index in [4.69, 9.17) is 16.6 Å². The summed E-state index contributed by atoms with van der Waals surface area (Å²) in [6.07, 6.45) is 9.54. The van der Waals surface area contributed by atoms with Crippen LogP contribution in [0.1, 0.15) is 56.8 Å². The molecule has 3 rings (SSSR count). The molecule has 0 spiro atoms. The molecular formula is C12H18N2OS. The summed E-state index contributed by atoms with van der Waals surface area (Å²) in [5, 5.41) is 6.92. The van der Waals surface area contributed by atoms with E-state index >= 15 is 0 Å². The summed E-state index contributed by atoms with van der Waals surface area (Å²) in [6.45, 7) is 0. The Balaban J connectivity index is 1.73. The van der Waals surface area contributed by atoms with Gasteiger partial charge in [0, 0.05) is 5.92 Å². The van der Waals surface area contributed by atoms with Crippen LogP contribution < -0.4 is 0 Å². The van der Waals surface area contributed by atoms with E-state index in [0.717, 1.165) is 17.7 Å². The van der Waals surface area contributed by atoms with E-state index in [2.05, 4.69) is 10.2 Å². The van der Waals surface area contributed by atoms with Gasteiger partial charge in [-0.2, -0.15) is 0 Å². The van der Waals surface area contributed by atoms with Gasteiger partial charge in [-0.15, -0.1) is 5.10 Å². The minimum Gasteiger partial charge on any atom is -0.414 e. The Kier molecular flexibility index (Phi) is 2.84. The highest BCUT2D eigenvalue weighted by molar-refractivity contribution is 7.71. The van der Waals surface area contributed by atoms with E-state index in [1.54, 1.807) is 0 Å². The van der Waals surface area contributed by atoms with Gasteiger partial charge in [-0.05, 0) is 43.3 Å². The van der Waals surface area contributed by atoms with Crippen LogP contribution in [0.3, 0.4) is 0 Å². The van der Waals surface area contributed by atoms with Gasteiger partial charge >= 0.3 is 0 Å². The third-order valence-corrected chi connectivity index (χ3v) is 4.52. The summed E-state index contributed by atoms with van der Waals surface area (Å²) >= 11 is 4.93. The maximum Gasteiger partial charge on any atom is 0.284 e. The van der Waals surface area contributed by atoms with Crippen molar-refractivity contribution in [1.29, 1.82) is 0 Å². The Labute approximate surface area is 101 Å². The van der Waals surface area contributed by atoms with E-state index in [1.165, 1.54) is 44.9 Å². The fraction of sp³-hybridized carbons (Fsp3) is 0.833. The van der Waals surface area contributed by atoms with Crippen molar-refractivity contribution in [1.82, 2.24) is 10.2 Å². The second kappa shape index (κ2) is 4.32. The molecule has 0 amide bonds. The Morgan fingerprint density at radius 1 is 1.12 bits per heavy atom. The predicted octanol–water partition coefficient (Wildman–Crippen LogP) is 3.81. The molecule has 0 saturated heterocycles. The lowest BCUT2D eigenvalue weighted by Gasteiger charge is -2.38. The van der Waals surface area contributed by atoms with Gasteiger partial charge in [0.15, 0.2) is 0 Å². The van der Waals surface area contributed by atoms with Crippen molar-refractivity contribution in [3.05, 3.63) is 10.7 Å². The second-order valence-corrected chi connectivity index (χ2v) is 5.64. The summed E-state index contributed by atoms with van der Waals surface area (Å²) in [4.78, 5) is 0.417. The third kappa shape index (κ3) is 1.95. The van der Waals surface area contributed by atoms with Crippen LogP contribution in [0.25, 0.3) is 0 Å². The number of aromatic amines is 1. The smallest absolute Gasteiger partial charge is 0.284 e. The van der Waals surface area contributed by atoms with E-state index in [1.807, 2.05) is 0 Å². The number of aromatic nitrogens is 2. The predicted molar refractivity (Wildman–Crippen MR) is 63.7 cm³/mol. The van der Waals surface area contributed by atoms with Crippen LogP contribution in [0.5, 0.6) is 0 Å². The zero-order valence-electron chi connectivity index (χ0n) is 9.45. The summed E-state index contributed by atoms with van der Waals surface area (Å²) in [6, 6.07) is 0. The fourth-order valence-corrected chi connectivity index (χ4v) is 3.64. The monoisotopic (exact) mass is 238 g/mol. The van der Waals surface area contributed by atoms with Crippen molar-refractivity contribution in [2.75, 3.05) is 0 Å². The first-order chi connectivity index (χ1) is 7.83. The van der Waals surface area contributed by atoms with Gasteiger partial charge in [0.05, 0.1) is 0 Å². The second-order valence-electron chi connectivity index (χ2n) is 5.27. The van der Waals surface area contributed by atoms with Gasteiger partial charge in [-0.3, -0.25) is 0 Å². The fourth-order valence-electron chi connectivity index (χ4n) is 3.51. The number of hydrogen-bond acceptors (Lipinski definition) is 3. The van der Waals surface area contributed by atoms with Crippen LogP contribution in [-0.4, -0.2) is 10.2 Å². The topological polar surface area (TPSA) is 41.8 Å². The third-order valence-electron chi connectivity index (χ3n) is 4.34. The molecule has 2 fully saturated rings. The first-order valence-electron chi connectivity index (χ1n) is 6.38. The highest BCUT2D eigenvalue weighted by Crippen LogP contribution is 2.45. The molecule has 4 heteroatoms. The van der Waals surface area contributed by atoms with Crippen LogP contribution in [0, 0.1) is 16.7 Å². The number of hydrogen-bond donors (Lipinski definition) is 1. The molecule has 1 heterocycles. The Bertz CT molecular complexity index is 411. The average Bonchev–Trinajstić information content (AvgIpc) is 2.75. The van der Waals surface area contributed by atoms with Gasteiger partial charge in [-0.25, -0.2) is 5.10 Å². The Morgan fingerprint density at radius 3 is 2.69 bits per heavy atom. The number of nitrogens with zero attached hydrogens (tertiary/aromatic N) is 1. The first kappa shape index (κ1) is 10.5. The van der Waals surface area contributed by atoms with Crippen LogP contribution in [0.15, 0.2) is 4.42 Å². The number of rotatable bonds is 1. The van der Waals surface area contributed by atoms with Crippen molar-refractivity contribution in [2.24, 2.45) is 11.8 Å². The minimum absolute atomic E-state index is 0.417. The molecule has 3 unspecified atom stereocenters. The lowest BCUT2D eigenvalue weighted by molar-refractivity contribution is 0.145. The molecule has 0 radical (unpaired) electrons. The maximum absolute atomic E-state index is 5.45. The number of nitrogens with one attached hydrogen (secondary N) is 1. The molecule has 1 N–H and O–H groups in total. The summed E-state index contributed by atoms with van der Waals surface area (Å²) in [5.41, 5.74) is 0. The molecule has 0 aromatic carbocycles. The minimum atomic E-state index is 0.417. The van der Waals surface area contributed by atoms with Crippen molar-refractivity contribution in [2.45, 2.75) is 50.9 Å². The molecule has 0 bridgehead atoms. The molecule has 88 valence electrons. The van der Waals surface area contributed by atoms with Crippen LogP contribution in [-0.2, 0) is 0 Å². The summed E-state index contributed by atoms with van der Waals surface area (Å²) in [5.74, 6) is 3.24. The van der Waals surface area contributed by atoms with Gasteiger partial charge in [0.1, 0.15) is 0 Å². The van der Waals surface area contributed by atoms with Crippen molar-refractivity contribution < 1.29 is 4.42 Å². The SMILES string of the molecule is S=c1[nH]nc(C2CCC3CCCCC3C2)o1. The Morgan fingerprint density at radius 2 is 1.94 bits per heavy atom.